The molecule has 0 saturated carbocycles. The van der Waals surface area contributed by atoms with Crippen LogP contribution in [-0.2, 0) is 0 Å². The summed E-state index contributed by atoms with van der Waals surface area (Å²) in [5.74, 6) is -2.17. The van der Waals surface area contributed by atoms with E-state index in [1.165, 1.54) is 6.07 Å². The van der Waals surface area contributed by atoms with Crippen LogP contribution >= 0.6 is 31.9 Å². The van der Waals surface area contributed by atoms with E-state index in [-0.39, 0.29) is 55.9 Å². The number of anilines is 1. The van der Waals surface area contributed by atoms with Crippen LogP contribution in [0.1, 0.15) is 15.9 Å². The second-order valence-corrected chi connectivity index (χ2v) is 7.32. The van der Waals surface area contributed by atoms with Gasteiger partial charge in [0.1, 0.15) is 5.75 Å². The number of hydrogen-bond acceptors (Lipinski definition) is 7. The number of nitrogens with zero attached hydrogens (tertiary/aromatic N) is 3. The van der Waals surface area contributed by atoms with Gasteiger partial charge in [-0.2, -0.15) is 22.8 Å². The number of ether oxygens (including phenoxy) is 1. The van der Waals surface area contributed by atoms with Crippen LogP contribution in [0.25, 0.3) is 0 Å². The number of hydrogen-bond donors (Lipinski definition) is 1. The van der Waals surface area contributed by atoms with Crippen molar-refractivity contribution in [2.45, 2.75) is 12.5 Å². The Morgan fingerprint density at radius 2 is 1.67 bits per heavy atom. The molecule has 0 saturated heterocycles. The van der Waals surface area contributed by atoms with E-state index < -0.39 is 66.7 Å². The first kappa shape index (κ1) is 29.3. The molecule has 1 N–H and O–H groups in total. The average molecular weight is 625 g/mol. The molecule has 0 aromatic heterocycles. The van der Waals surface area contributed by atoms with E-state index in [4.69, 9.17) is 5.26 Å². The summed E-state index contributed by atoms with van der Waals surface area (Å²) in [6.45, 7) is 0. The second-order valence-electron chi connectivity index (χ2n) is 5.67. The zero-order valence-corrected chi connectivity index (χ0v) is 22.2. The molecule has 10 nitrogen and oxygen atoms in total. The normalized spacial score (nSPS) is 10.7. The van der Waals surface area contributed by atoms with Gasteiger partial charge in [0.25, 0.3) is 5.91 Å². The SMILES string of the molecule is N#Cc1cc([N+](=O)[O-])c(NC(=O)c2c(Br)ccc(OC(F)(F)C(F)F)c2Br)c([N+](=O)[O-])c1.[K]. The zero-order chi connectivity index (χ0) is 24.4. The molecule has 1 amide bonds. The molecule has 2 aromatic rings. The van der Waals surface area contributed by atoms with E-state index in [0.29, 0.717) is 12.1 Å². The predicted molar refractivity (Wildman–Crippen MR) is 112 cm³/mol. The number of nitro groups is 2. The molecule has 17 heteroatoms. The van der Waals surface area contributed by atoms with Crippen LogP contribution in [0.4, 0.5) is 34.6 Å². The van der Waals surface area contributed by atoms with Gasteiger partial charge in [0.2, 0.25) is 0 Å². The Morgan fingerprint density at radius 1 is 1.15 bits per heavy atom. The second kappa shape index (κ2) is 11.6. The van der Waals surface area contributed by atoms with Gasteiger partial charge in [-0.15, -0.1) is 0 Å². The molecule has 0 spiro atoms. The van der Waals surface area contributed by atoms with Crippen LogP contribution in [0.15, 0.2) is 33.2 Å². The quantitative estimate of drug-likeness (QED) is 0.197. The summed E-state index contributed by atoms with van der Waals surface area (Å²) in [4.78, 5) is 33.2. The molecule has 0 bridgehead atoms. The Bertz CT molecular complexity index is 1140. The van der Waals surface area contributed by atoms with E-state index in [9.17, 15) is 42.6 Å². The summed E-state index contributed by atoms with van der Waals surface area (Å²) in [5, 5.41) is 33.5. The number of halogens is 6. The van der Waals surface area contributed by atoms with Gasteiger partial charge in [-0.05, 0) is 44.0 Å². The summed E-state index contributed by atoms with van der Waals surface area (Å²) in [6.07, 6.45) is -9.10. The third-order valence-corrected chi connectivity index (χ3v) is 5.09. The minimum atomic E-state index is -4.91. The number of amides is 1. The van der Waals surface area contributed by atoms with Gasteiger partial charge in [0.15, 0.2) is 5.69 Å². The Morgan fingerprint density at radius 3 is 2.09 bits per heavy atom. The van der Waals surface area contributed by atoms with Crippen LogP contribution in [0.5, 0.6) is 5.75 Å². The molecule has 0 aliphatic rings. The van der Waals surface area contributed by atoms with Crippen molar-refractivity contribution < 1.29 is 36.9 Å². The van der Waals surface area contributed by atoms with Gasteiger partial charge < -0.3 is 10.1 Å². The first-order valence-corrected chi connectivity index (χ1v) is 9.40. The van der Waals surface area contributed by atoms with Crippen LogP contribution < -0.4 is 10.1 Å². The third-order valence-electron chi connectivity index (χ3n) is 3.64. The number of carbonyl (C=O) groups is 1. The molecule has 0 atom stereocenters. The van der Waals surface area contributed by atoms with Crippen molar-refractivity contribution in [2.75, 3.05) is 5.32 Å². The van der Waals surface area contributed by atoms with Crippen molar-refractivity contribution in [1.82, 2.24) is 0 Å². The van der Waals surface area contributed by atoms with Crippen molar-refractivity contribution >= 4 is 106 Å². The number of nitriles is 1. The fraction of sp³-hybridized carbons (Fsp3) is 0.125. The number of benzene rings is 2. The maximum absolute atomic E-state index is 13.3. The maximum Gasteiger partial charge on any atom is 0.461 e. The Kier molecular flexibility index (Phi) is 10.4. The van der Waals surface area contributed by atoms with Crippen molar-refractivity contribution in [3.8, 4) is 11.8 Å². The molecular weight excluding hydrogens is 619 g/mol. The number of carbonyl (C=O) groups excluding carboxylic acids is 1. The molecule has 1 radical (unpaired) electrons. The van der Waals surface area contributed by atoms with Gasteiger partial charge in [-0.25, -0.2) is 0 Å². The molecule has 0 unspecified atom stereocenters. The van der Waals surface area contributed by atoms with Crippen LogP contribution in [0.2, 0.25) is 0 Å². The topological polar surface area (TPSA) is 148 Å². The molecular formula is C16H6Br2F4KN4O6. The van der Waals surface area contributed by atoms with Crippen molar-refractivity contribution in [2.24, 2.45) is 0 Å². The number of rotatable bonds is 7. The Hall–Kier alpha value is -1.68. The Balaban J connectivity index is 0.00000544. The van der Waals surface area contributed by atoms with Crippen molar-refractivity contribution in [3.63, 3.8) is 0 Å². The molecule has 2 aromatic carbocycles. The minimum Gasteiger partial charge on any atom is -0.427 e. The van der Waals surface area contributed by atoms with Crippen LogP contribution in [-0.4, -0.2) is 79.7 Å². The summed E-state index contributed by atoms with van der Waals surface area (Å²) >= 11 is 5.69. The van der Waals surface area contributed by atoms with Crippen LogP contribution in [0, 0.1) is 31.6 Å². The maximum atomic E-state index is 13.3. The summed E-state index contributed by atoms with van der Waals surface area (Å²) in [6, 6.07) is 4.66. The van der Waals surface area contributed by atoms with E-state index in [1.807, 2.05) is 5.32 Å². The van der Waals surface area contributed by atoms with Crippen molar-refractivity contribution in [3.05, 3.63) is 64.6 Å². The largest absolute Gasteiger partial charge is 0.461 e. The van der Waals surface area contributed by atoms with E-state index >= 15 is 0 Å². The van der Waals surface area contributed by atoms with Gasteiger partial charge >= 0.3 is 23.9 Å². The molecule has 0 aliphatic carbocycles. The first-order chi connectivity index (χ1) is 14.8. The van der Waals surface area contributed by atoms with E-state index in [2.05, 4.69) is 36.6 Å². The third kappa shape index (κ3) is 6.68. The fourth-order valence-electron chi connectivity index (χ4n) is 2.28. The molecule has 169 valence electrons. The first-order valence-electron chi connectivity index (χ1n) is 7.81. The minimum absolute atomic E-state index is 0. The molecule has 0 fully saturated rings. The average Bonchev–Trinajstić information content (AvgIpc) is 2.69. The van der Waals surface area contributed by atoms with Crippen molar-refractivity contribution in [1.29, 1.82) is 5.26 Å². The zero-order valence-electron chi connectivity index (χ0n) is 15.9. The molecule has 33 heavy (non-hydrogen) atoms. The smallest absolute Gasteiger partial charge is 0.427 e. The van der Waals surface area contributed by atoms with Crippen LogP contribution in [0.3, 0.4) is 0 Å². The molecule has 0 heterocycles. The molecule has 0 aliphatic heterocycles. The number of nitro benzene ring substituents is 2. The monoisotopic (exact) mass is 623 g/mol. The Labute approximate surface area is 240 Å². The van der Waals surface area contributed by atoms with E-state index in [1.54, 1.807) is 0 Å². The fourth-order valence-corrected chi connectivity index (χ4v) is 3.66. The number of alkyl halides is 4. The van der Waals surface area contributed by atoms with Gasteiger partial charge in [-0.3, -0.25) is 25.0 Å². The van der Waals surface area contributed by atoms with Gasteiger partial charge in [0.05, 0.1) is 31.5 Å². The summed E-state index contributed by atoms with van der Waals surface area (Å²) in [5.41, 5.74) is -3.87. The molecule has 2 rings (SSSR count). The van der Waals surface area contributed by atoms with Gasteiger partial charge in [-0.1, -0.05) is 0 Å². The van der Waals surface area contributed by atoms with Gasteiger partial charge in [0, 0.05) is 68.0 Å². The summed E-state index contributed by atoms with van der Waals surface area (Å²) in [7, 11) is 0. The predicted octanol–water partition coefficient (Wildman–Crippen LogP) is 5.01. The number of nitrogens with one attached hydrogen (secondary N) is 1. The summed E-state index contributed by atoms with van der Waals surface area (Å²) < 4.78 is 54.7. The standard InChI is InChI=1S/C16H6Br2F4N4O6.K/c17-7-1-2-10(32-16(21,22)15(19)20)12(18)11(7)14(27)24-13-8(25(28)29)3-6(5-23)4-9(13)26(30)31;/h1-4,15H,(H,24,27);. The van der Waals surface area contributed by atoms with E-state index in [0.717, 1.165) is 12.1 Å².